The van der Waals surface area contributed by atoms with Gasteiger partial charge in [-0.3, -0.25) is 0 Å². The number of ether oxygens (including phenoxy) is 1. The van der Waals surface area contributed by atoms with Crippen LogP contribution < -0.4 is 15.8 Å². The topological polar surface area (TPSA) is 59.6 Å². The van der Waals surface area contributed by atoms with Crippen LogP contribution in [-0.4, -0.2) is 24.7 Å². The highest BCUT2D eigenvalue weighted by molar-refractivity contribution is 14.0. The molecule has 0 aliphatic carbocycles. The number of nitrogens with zero attached hydrogens (tertiary/aromatic N) is 1. The van der Waals surface area contributed by atoms with E-state index in [1.54, 1.807) is 0 Å². The first-order valence-electron chi connectivity index (χ1n) is 6.14. The van der Waals surface area contributed by atoms with Gasteiger partial charge in [-0.25, -0.2) is 4.99 Å². The second-order valence-electron chi connectivity index (χ2n) is 5.31. The van der Waals surface area contributed by atoms with Gasteiger partial charge in [-0.1, -0.05) is 12.1 Å². The van der Waals surface area contributed by atoms with E-state index in [0.29, 0.717) is 19.1 Å². The Balaban J connectivity index is 0.00000324. The number of guanidine groups is 1. The minimum atomic E-state index is -0.0645. The molecule has 5 heteroatoms. The zero-order valence-electron chi connectivity index (χ0n) is 12.1. The van der Waals surface area contributed by atoms with E-state index in [4.69, 9.17) is 10.5 Å². The van der Waals surface area contributed by atoms with E-state index in [2.05, 4.69) is 10.3 Å². The monoisotopic (exact) mass is 377 g/mol. The Morgan fingerprint density at radius 1 is 1.37 bits per heavy atom. The number of aliphatic imine (C=N–C) groups is 1. The highest BCUT2D eigenvalue weighted by atomic mass is 127. The average Bonchev–Trinajstić information content (AvgIpc) is 2.22. The maximum atomic E-state index is 5.75. The summed E-state index contributed by atoms with van der Waals surface area (Å²) in [5.74, 6) is 1.32. The van der Waals surface area contributed by atoms with E-state index in [0.717, 1.165) is 5.75 Å². The summed E-state index contributed by atoms with van der Waals surface area (Å²) in [5, 5.41) is 3.10. The third-order valence-electron chi connectivity index (χ3n) is 2.13. The van der Waals surface area contributed by atoms with Gasteiger partial charge in [-0.05, 0) is 45.4 Å². The second-order valence-corrected chi connectivity index (χ2v) is 5.31. The first-order valence-corrected chi connectivity index (χ1v) is 6.14. The summed E-state index contributed by atoms with van der Waals surface area (Å²) in [7, 11) is 0. The molecule has 0 bridgehead atoms. The standard InChI is InChI=1S/C14H23N3O.HI/c1-11-6-5-7-12(10-11)18-9-8-16-13(15)17-14(2,3)4;/h5-7,10H,8-9H2,1-4H3,(H3,15,16,17);1H. The molecule has 0 aromatic heterocycles. The van der Waals surface area contributed by atoms with Crippen molar-refractivity contribution in [3.8, 4) is 5.75 Å². The summed E-state index contributed by atoms with van der Waals surface area (Å²) < 4.78 is 5.58. The van der Waals surface area contributed by atoms with Gasteiger partial charge in [0.15, 0.2) is 5.96 Å². The Hall–Kier alpha value is -0.980. The number of rotatable bonds is 4. The lowest BCUT2D eigenvalue weighted by atomic mass is 10.1. The molecule has 3 N–H and O–H groups in total. The predicted molar refractivity (Wildman–Crippen MR) is 91.5 cm³/mol. The van der Waals surface area contributed by atoms with Crippen LogP contribution in [0.3, 0.4) is 0 Å². The minimum absolute atomic E-state index is 0. The lowest BCUT2D eigenvalue weighted by molar-refractivity contribution is 0.328. The van der Waals surface area contributed by atoms with Crippen molar-refractivity contribution < 1.29 is 4.74 Å². The summed E-state index contributed by atoms with van der Waals surface area (Å²) in [6, 6.07) is 7.95. The van der Waals surface area contributed by atoms with Gasteiger partial charge in [0.25, 0.3) is 0 Å². The van der Waals surface area contributed by atoms with Crippen molar-refractivity contribution in [2.45, 2.75) is 33.2 Å². The molecule has 0 aliphatic rings. The number of benzene rings is 1. The van der Waals surface area contributed by atoms with Crippen molar-refractivity contribution >= 4 is 29.9 Å². The van der Waals surface area contributed by atoms with E-state index >= 15 is 0 Å². The Morgan fingerprint density at radius 2 is 2.05 bits per heavy atom. The first-order chi connectivity index (χ1) is 8.37. The summed E-state index contributed by atoms with van der Waals surface area (Å²) in [6.45, 7) is 9.23. The predicted octanol–water partition coefficient (Wildman–Crippen LogP) is 2.69. The van der Waals surface area contributed by atoms with E-state index in [1.807, 2.05) is 52.0 Å². The molecule has 0 unspecified atom stereocenters. The molecule has 108 valence electrons. The Bertz CT molecular complexity index is 413. The fraction of sp³-hybridized carbons (Fsp3) is 0.500. The van der Waals surface area contributed by atoms with E-state index in [9.17, 15) is 0 Å². The molecule has 0 saturated carbocycles. The zero-order chi connectivity index (χ0) is 13.6. The maximum Gasteiger partial charge on any atom is 0.189 e. The quantitative estimate of drug-likeness (QED) is 0.367. The van der Waals surface area contributed by atoms with Crippen molar-refractivity contribution in [3.05, 3.63) is 29.8 Å². The Kier molecular flexibility index (Phi) is 7.82. The zero-order valence-corrected chi connectivity index (χ0v) is 14.4. The number of aryl methyl sites for hydroxylation is 1. The summed E-state index contributed by atoms with van der Waals surface area (Å²) >= 11 is 0. The van der Waals surface area contributed by atoms with Crippen LogP contribution in [0, 0.1) is 6.92 Å². The van der Waals surface area contributed by atoms with E-state index in [1.165, 1.54) is 5.56 Å². The van der Waals surface area contributed by atoms with Gasteiger partial charge in [0.05, 0.1) is 6.54 Å². The molecule has 0 saturated heterocycles. The SMILES string of the molecule is Cc1cccc(OCCN=C(N)NC(C)(C)C)c1.I. The third-order valence-corrected chi connectivity index (χ3v) is 2.13. The molecular formula is C14H24IN3O. The molecule has 0 amide bonds. The van der Waals surface area contributed by atoms with Crippen molar-refractivity contribution in [2.24, 2.45) is 10.7 Å². The van der Waals surface area contributed by atoms with Crippen LogP contribution in [0.2, 0.25) is 0 Å². The smallest absolute Gasteiger partial charge is 0.189 e. The first kappa shape index (κ1) is 18.0. The number of hydrogen-bond donors (Lipinski definition) is 2. The molecule has 0 aliphatic heterocycles. The average molecular weight is 377 g/mol. The molecule has 1 aromatic carbocycles. The molecule has 1 rings (SSSR count). The highest BCUT2D eigenvalue weighted by Crippen LogP contribution is 2.11. The minimum Gasteiger partial charge on any atom is -0.492 e. The number of hydrogen-bond acceptors (Lipinski definition) is 2. The fourth-order valence-electron chi connectivity index (χ4n) is 1.46. The largest absolute Gasteiger partial charge is 0.492 e. The lowest BCUT2D eigenvalue weighted by Gasteiger charge is -2.20. The summed E-state index contributed by atoms with van der Waals surface area (Å²) in [6.07, 6.45) is 0. The third kappa shape index (κ3) is 8.69. The normalized spacial score (nSPS) is 11.7. The van der Waals surface area contributed by atoms with Crippen LogP contribution in [-0.2, 0) is 0 Å². The van der Waals surface area contributed by atoms with E-state index < -0.39 is 0 Å². The molecule has 19 heavy (non-hydrogen) atoms. The molecule has 0 heterocycles. The highest BCUT2D eigenvalue weighted by Gasteiger charge is 2.09. The lowest BCUT2D eigenvalue weighted by Crippen LogP contribution is -2.45. The van der Waals surface area contributed by atoms with Crippen molar-refractivity contribution in [1.82, 2.24) is 5.32 Å². The van der Waals surface area contributed by atoms with Gasteiger partial charge < -0.3 is 15.8 Å². The van der Waals surface area contributed by atoms with E-state index in [-0.39, 0.29) is 29.5 Å². The molecule has 0 radical (unpaired) electrons. The Labute approximate surface area is 132 Å². The van der Waals surface area contributed by atoms with Crippen molar-refractivity contribution in [1.29, 1.82) is 0 Å². The number of nitrogens with two attached hydrogens (primary N) is 1. The van der Waals surface area contributed by atoms with Crippen LogP contribution in [0.4, 0.5) is 0 Å². The summed E-state index contributed by atoms with van der Waals surface area (Å²) in [5.41, 5.74) is 6.87. The van der Waals surface area contributed by atoms with Crippen LogP contribution >= 0.6 is 24.0 Å². The fourth-order valence-corrected chi connectivity index (χ4v) is 1.46. The molecule has 0 fully saturated rings. The Morgan fingerprint density at radius 3 is 2.63 bits per heavy atom. The second kappa shape index (κ2) is 8.24. The van der Waals surface area contributed by atoms with Gasteiger partial charge in [0.1, 0.15) is 12.4 Å². The van der Waals surface area contributed by atoms with Gasteiger partial charge in [0.2, 0.25) is 0 Å². The van der Waals surface area contributed by atoms with Crippen molar-refractivity contribution in [3.63, 3.8) is 0 Å². The number of nitrogens with one attached hydrogen (secondary N) is 1. The van der Waals surface area contributed by atoms with Crippen LogP contribution in [0.15, 0.2) is 29.3 Å². The summed E-state index contributed by atoms with van der Waals surface area (Å²) in [4.78, 5) is 4.21. The molecule has 0 atom stereocenters. The van der Waals surface area contributed by atoms with Crippen LogP contribution in [0.25, 0.3) is 0 Å². The van der Waals surface area contributed by atoms with Gasteiger partial charge in [-0.2, -0.15) is 0 Å². The van der Waals surface area contributed by atoms with Gasteiger partial charge in [0, 0.05) is 5.54 Å². The van der Waals surface area contributed by atoms with Gasteiger partial charge >= 0.3 is 0 Å². The molecule has 0 spiro atoms. The molecular weight excluding hydrogens is 353 g/mol. The number of halogens is 1. The maximum absolute atomic E-state index is 5.75. The van der Waals surface area contributed by atoms with Crippen LogP contribution in [0.1, 0.15) is 26.3 Å². The molecule has 4 nitrogen and oxygen atoms in total. The van der Waals surface area contributed by atoms with Gasteiger partial charge in [-0.15, -0.1) is 24.0 Å². The molecule has 1 aromatic rings. The van der Waals surface area contributed by atoms with Crippen LogP contribution in [0.5, 0.6) is 5.75 Å². The van der Waals surface area contributed by atoms with Crippen molar-refractivity contribution in [2.75, 3.05) is 13.2 Å².